The normalized spacial score (nSPS) is 22.4. The number of nitrogens with one attached hydrogen (secondary N) is 1. The lowest BCUT2D eigenvalue weighted by Gasteiger charge is -2.49. The van der Waals surface area contributed by atoms with Crippen molar-refractivity contribution in [1.82, 2.24) is 0 Å². The van der Waals surface area contributed by atoms with Gasteiger partial charge in [0.1, 0.15) is 61.7 Å². The Balaban J connectivity index is 1.07. The Morgan fingerprint density at radius 2 is 0.864 bits per heavy atom. The number of benzene rings is 7. The van der Waals surface area contributed by atoms with Gasteiger partial charge in [-0.2, -0.15) is 0 Å². The summed E-state index contributed by atoms with van der Waals surface area (Å²) in [6, 6.07) is 62.9. The van der Waals surface area contributed by atoms with Crippen LogP contribution in [0.15, 0.2) is 200 Å². The number of Topliss-reactive ketones (excluding diaryl/α,β-unsaturated/α-hetero) is 1. The molecule has 19 heteroatoms. The first-order chi connectivity index (χ1) is 42.8. The summed E-state index contributed by atoms with van der Waals surface area (Å²) in [7, 11) is 0. The molecule has 0 spiro atoms. The van der Waals surface area contributed by atoms with E-state index < -0.39 is 89.8 Å². The fraction of sp³-hybridized carbons (Fsp3) is 0.333. The number of carbonyl (C=O) groups is 3. The van der Waals surface area contributed by atoms with Crippen molar-refractivity contribution in [3.63, 3.8) is 0 Å². The van der Waals surface area contributed by atoms with Crippen molar-refractivity contribution in [2.75, 3.05) is 19.8 Å². The maximum atomic E-state index is 14.8. The summed E-state index contributed by atoms with van der Waals surface area (Å²) in [5, 5.41) is 8.84. The molecule has 16 nitrogen and oxygen atoms in total. The predicted molar refractivity (Wildman–Crippen MR) is 328 cm³/mol. The van der Waals surface area contributed by atoms with E-state index in [-0.39, 0.29) is 70.8 Å². The second kappa shape index (κ2) is 31.4. The number of hydrogen-bond acceptors (Lipinski definition) is 16. The molecule has 0 unspecified atom stereocenters. The molecular formula is C69H68Cl3NO15. The number of halogens is 3. The van der Waals surface area contributed by atoms with Crippen molar-refractivity contribution >= 4 is 58.6 Å². The Kier molecular flexibility index (Phi) is 22.8. The van der Waals surface area contributed by atoms with Crippen LogP contribution >= 0.6 is 34.8 Å². The SMILES string of the molecule is CC(=O)CCC(=O)OC[C@H]1O[C@@H](O[C@H]2[C@H](OCc3ccccc3)[C@@H](OCc3ccccc3)[C@@H](OC(=N)C(Cl)(Cl)Cl)O[C@@H]2COCc2ccccc2)[C@H](OCc2ccccc2)[C@@H](OC(=O)OCC2c3ccccc3-c3ccccc32)[C@H]1OCc1ccccc1. The average Bonchev–Trinajstić information content (AvgIpc) is 2.33. The Hall–Kier alpha value is -7.03. The van der Waals surface area contributed by atoms with Gasteiger partial charge in [-0.15, -0.1) is 0 Å². The summed E-state index contributed by atoms with van der Waals surface area (Å²) in [4.78, 5) is 40.5. The third-order valence-electron chi connectivity index (χ3n) is 15.2. The maximum Gasteiger partial charge on any atom is 0.508 e. The quantitative estimate of drug-likeness (QED) is 0.0222. The van der Waals surface area contributed by atoms with Crippen LogP contribution in [0, 0.1) is 5.41 Å². The van der Waals surface area contributed by atoms with Crippen LogP contribution in [-0.4, -0.2) is 109 Å². The van der Waals surface area contributed by atoms with Crippen molar-refractivity contribution < 1.29 is 71.2 Å². The molecule has 0 saturated carbocycles. The van der Waals surface area contributed by atoms with Gasteiger partial charge in [0.15, 0.2) is 12.4 Å². The number of ether oxygens (including phenoxy) is 12. The van der Waals surface area contributed by atoms with Gasteiger partial charge in [0, 0.05) is 12.3 Å². The zero-order valence-electron chi connectivity index (χ0n) is 48.2. The molecule has 460 valence electrons. The minimum Gasteiger partial charge on any atom is -0.463 e. The van der Waals surface area contributed by atoms with Gasteiger partial charge in [0.05, 0.1) is 46.1 Å². The third kappa shape index (κ3) is 17.4. The molecule has 7 aromatic rings. The lowest BCUT2D eigenvalue weighted by atomic mass is 9.95. The molecule has 2 saturated heterocycles. The Bertz CT molecular complexity index is 3300. The van der Waals surface area contributed by atoms with Crippen LogP contribution in [0.3, 0.4) is 0 Å². The molecule has 2 heterocycles. The molecule has 0 aromatic heterocycles. The smallest absolute Gasteiger partial charge is 0.463 e. The second-order valence-corrected chi connectivity index (χ2v) is 23.7. The van der Waals surface area contributed by atoms with Gasteiger partial charge in [0.2, 0.25) is 12.2 Å². The van der Waals surface area contributed by atoms with E-state index in [4.69, 9.17) is 97.1 Å². The van der Waals surface area contributed by atoms with Crippen LogP contribution < -0.4 is 0 Å². The topological polar surface area (TPSA) is 186 Å². The summed E-state index contributed by atoms with van der Waals surface area (Å²) >= 11 is 18.9. The van der Waals surface area contributed by atoms with Crippen molar-refractivity contribution in [1.29, 1.82) is 5.41 Å². The zero-order chi connectivity index (χ0) is 61.2. The van der Waals surface area contributed by atoms with Crippen molar-refractivity contribution in [3.8, 4) is 11.1 Å². The first kappa shape index (κ1) is 64.0. The van der Waals surface area contributed by atoms with E-state index in [0.717, 1.165) is 50.1 Å². The zero-order valence-corrected chi connectivity index (χ0v) is 50.5. The molecule has 1 N–H and O–H groups in total. The predicted octanol–water partition coefficient (Wildman–Crippen LogP) is 13.0. The Morgan fingerprint density at radius 1 is 0.443 bits per heavy atom. The number of esters is 1. The molecule has 88 heavy (non-hydrogen) atoms. The van der Waals surface area contributed by atoms with E-state index in [0.29, 0.717) is 0 Å². The van der Waals surface area contributed by atoms with Crippen LogP contribution in [0.25, 0.3) is 11.1 Å². The summed E-state index contributed by atoms with van der Waals surface area (Å²) in [5.74, 6) is -1.99. The van der Waals surface area contributed by atoms with Gasteiger partial charge in [0.25, 0.3) is 3.79 Å². The molecule has 0 radical (unpaired) electrons. The lowest BCUT2D eigenvalue weighted by Crippen LogP contribution is -2.67. The van der Waals surface area contributed by atoms with E-state index in [9.17, 15) is 14.4 Å². The van der Waals surface area contributed by atoms with Crippen LogP contribution in [0.1, 0.15) is 64.6 Å². The van der Waals surface area contributed by atoms with E-state index in [1.165, 1.54) is 6.92 Å². The van der Waals surface area contributed by atoms with Gasteiger partial charge in [-0.1, -0.05) is 235 Å². The molecule has 2 aliphatic heterocycles. The summed E-state index contributed by atoms with van der Waals surface area (Å²) in [5.41, 5.74) is 7.93. The van der Waals surface area contributed by atoms with Crippen LogP contribution in [0.5, 0.6) is 0 Å². The third-order valence-corrected chi connectivity index (χ3v) is 15.7. The van der Waals surface area contributed by atoms with Gasteiger partial charge in [-0.3, -0.25) is 10.2 Å². The summed E-state index contributed by atoms with van der Waals surface area (Å²) < 4.78 is 77.9. The first-order valence-corrected chi connectivity index (χ1v) is 30.2. The standard InChI is InChI=1S/C69H68Cl3NO15/c1-45(74)35-36-58(75)78-44-57-59(79-38-47-23-9-3-10-24-47)62(87-68(76)83-42-55-53-33-19-17-31-51(53)52-32-18-20-34-54(52)55)64(82-41-50-29-15-6-16-30-50)65(85-57)86-60-56(43-77-37-46-21-7-2-8-22-46)84-66(88-67(73)69(70,71)72)63(81-40-49-27-13-5-14-28-49)61(60)80-39-48-25-11-4-12-26-48/h2-34,55-57,59-66,73H,35-44H2,1H3/t56-,57-,59+,60-,61+,62+,63-,64-,65+,66-/m1/s1. The van der Waals surface area contributed by atoms with Crippen LogP contribution in [0.2, 0.25) is 0 Å². The highest BCUT2D eigenvalue weighted by Gasteiger charge is 2.56. The highest BCUT2D eigenvalue weighted by molar-refractivity contribution is 6.76. The van der Waals surface area contributed by atoms with Gasteiger partial charge in [-0.05, 0) is 57.0 Å². The highest BCUT2D eigenvalue weighted by atomic mass is 35.6. The van der Waals surface area contributed by atoms with Crippen molar-refractivity contribution in [2.24, 2.45) is 0 Å². The van der Waals surface area contributed by atoms with E-state index in [1.807, 2.05) is 200 Å². The second-order valence-electron chi connectivity index (χ2n) is 21.4. The monoisotopic (exact) mass is 1260 g/mol. The van der Waals surface area contributed by atoms with Crippen molar-refractivity contribution in [3.05, 3.63) is 239 Å². The maximum absolute atomic E-state index is 14.8. The number of carbonyl (C=O) groups excluding carboxylic acids is 3. The molecule has 0 amide bonds. The van der Waals surface area contributed by atoms with Gasteiger partial charge in [-0.25, -0.2) is 4.79 Å². The minimum atomic E-state index is -2.33. The largest absolute Gasteiger partial charge is 0.508 e. The van der Waals surface area contributed by atoms with E-state index in [1.54, 1.807) is 0 Å². The van der Waals surface area contributed by atoms with Crippen LogP contribution in [0.4, 0.5) is 4.79 Å². The van der Waals surface area contributed by atoms with Gasteiger partial charge >= 0.3 is 12.1 Å². The number of alkyl halides is 3. The number of fused-ring (bicyclic) bond motifs is 3. The van der Waals surface area contributed by atoms with E-state index in [2.05, 4.69) is 0 Å². The van der Waals surface area contributed by atoms with E-state index >= 15 is 0 Å². The Morgan fingerprint density at radius 3 is 1.35 bits per heavy atom. The average molecular weight is 1260 g/mol. The van der Waals surface area contributed by atoms with Crippen molar-refractivity contribution in [2.45, 2.75) is 124 Å². The molecule has 3 aliphatic rings. The highest BCUT2D eigenvalue weighted by Crippen LogP contribution is 2.45. The number of rotatable bonds is 27. The molecule has 1 aliphatic carbocycles. The number of hydrogen-bond donors (Lipinski definition) is 1. The van der Waals surface area contributed by atoms with Crippen LogP contribution in [-0.2, 0) is 99.5 Å². The number of ketones is 1. The molecule has 2 fully saturated rings. The molecule has 0 bridgehead atoms. The fourth-order valence-electron chi connectivity index (χ4n) is 10.8. The summed E-state index contributed by atoms with van der Waals surface area (Å²) in [6.45, 7) is 0.643. The molecule has 10 atom stereocenters. The summed E-state index contributed by atoms with van der Waals surface area (Å²) in [6.07, 6.45) is -14.7. The van der Waals surface area contributed by atoms with Gasteiger partial charge < -0.3 is 61.6 Å². The fourth-order valence-corrected chi connectivity index (χ4v) is 10.9. The molecular weight excluding hydrogens is 1190 g/mol. The first-order valence-electron chi connectivity index (χ1n) is 29.0. The Labute approximate surface area is 526 Å². The minimum absolute atomic E-state index is 0.00992. The lowest BCUT2D eigenvalue weighted by molar-refractivity contribution is -0.369. The molecule has 10 rings (SSSR count). The molecule has 7 aromatic carbocycles.